The number of fused-ring (bicyclic) bond motifs is 1. The number of aliphatic hydroxyl groups is 1. The number of pyridine rings is 2. The highest BCUT2D eigenvalue weighted by molar-refractivity contribution is 6.38. The Morgan fingerprint density at radius 3 is 2.23 bits per heavy atom. The molecule has 39 heavy (non-hydrogen) atoms. The number of hydrogen-bond donors (Lipinski definition) is 2. The summed E-state index contributed by atoms with van der Waals surface area (Å²) in [6, 6.07) is 14.3. The molecule has 204 valence electrons. The van der Waals surface area contributed by atoms with Crippen molar-refractivity contribution in [3.05, 3.63) is 91.5 Å². The van der Waals surface area contributed by atoms with Crippen LogP contribution in [0.25, 0.3) is 27.8 Å². The van der Waals surface area contributed by atoms with Crippen LogP contribution in [0.2, 0.25) is 15.1 Å². The highest BCUT2D eigenvalue weighted by atomic mass is 35.5. The van der Waals surface area contributed by atoms with Crippen LogP contribution in [0.5, 0.6) is 0 Å². The number of piperidine rings is 1. The van der Waals surface area contributed by atoms with E-state index in [1.807, 2.05) is 6.07 Å². The minimum atomic E-state index is -0.634. The average molecular weight is 590 g/mol. The number of quaternary nitrogens is 1. The SMILES string of the molecule is CC(C)(C)[NH+]1CCC(CO)(c2cc(-c3ccc(F)cc3Cl)c3ccc(=O)n(-c4c(Cl)cccc4Cl)c3n2)CC1. The Bertz CT molecular complexity index is 1600. The van der Waals surface area contributed by atoms with Gasteiger partial charge in [0.15, 0.2) is 0 Å². The molecule has 0 saturated carbocycles. The van der Waals surface area contributed by atoms with Gasteiger partial charge in [0.2, 0.25) is 0 Å². The van der Waals surface area contributed by atoms with Gasteiger partial charge in [-0.15, -0.1) is 0 Å². The quantitative estimate of drug-likeness (QED) is 0.314. The minimum absolute atomic E-state index is 0.0759. The third kappa shape index (κ3) is 5.09. The molecule has 0 bridgehead atoms. The summed E-state index contributed by atoms with van der Waals surface area (Å²) in [4.78, 5) is 19.9. The zero-order valence-electron chi connectivity index (χ0n) is 22.0. The maximum atomic E-state index is 14.0. The van der Waals surface area contributed by atoms with Crippen LogP contribution in [-0.2, 0) is 5.41 Å². The maximum absolute atomic E-state index is 14.0. The van der Waals surface area contributed by atoms with Crippen LogP contribution in [0, 0.1) is 5.82 Å². The molecule has 0 unspecified atom stereocenters. The molecule has 5 rings (SSSR count). The Kier molecular flexibility index (Phi) is 7.55. The second kappa shape index (κ2) is 10.5. The Morgan fingerprint density at radius 1 is 0.974 bits per heavy atom. The lowest BCUT2D eigenvalue weighted by atomic mass is 9.74. The second-order valence-corrected chi connectivity index (χ2v) is 12.5. The molecule has 5 nitrogen and oxygen atoms in total. The summed E-state index contributed by atoms with van der Waals surface area (Å²) >= 11 is 19.7. The maximum Gasteiger partial charge on any atom is 0.256 e. The van der Waals surface area contributed by atoms with Crippen LogP contribution in [0.1, 0.15) is 39.3 Å². The van der Waals surface area contributed by atoms with Crippen molar-refractivity contribution in [2.45, 2.75) is 44.6 Å². The molecule has 0 spiro atoms. The highest BCUT2D eigenvalue weighted by Crippen LogP contribution is 2.40. The predicted molar refractivity (Wildman–Crippen MR) is 156 cm³/mol. The smallest absolute Gasteiger partial charge is 0.256 e. The number of aromatic nitrogens is 2. The number of aliphatic hydroxyl groups excluding tert-OH is 1. The summed E-state index contributed by atoms with van der Waals surface area (Å²) in [5, 5.41) is 12.2. The largest absolute Gasteiger partial charge is 0.395 e. The Balaban J connectivity index is 1.83. The number of halogens is 4. The molecule has 1 aliphatic heterocycles. The molecule has 1 fully saturated rings. The van der Waals surface area contributed by atoms with E-state index in [0.29, 0.717) is 56.4 Å². The Morgan fingerprint density at radius 2 is 1.64 bits per heavy atom. The van der Waals surface area contributed by atoms with Crippen molar-refractivity contribution in [2.75, 3.05) is 19.7 Å². The van der Waals surface area contributed by atoms with E-state index in [1.54, 1.807) is 30.3 Å². The lowest BCUT2D eigenvalue weighted by Crippen LogP contribution is -3.20. The normalized spacial score (nSPS) is 19.9. The van der Waals surface area contributed by atoms with E-state index in [1.165, 1.54) is 27.7 Å². The summed E-state index contributed by atoms with van der Waals surface area (Å²) in [6.45, 7) is 8.24. The number of nitrogens with zero attached hydrogens (tertiary/aromatic N) is 2. The van der Waals surface area contributed by atoms with Crippen LogP contribution in [-0.4, -0.2) is 39.9 Å². The first-order chi connectivity index (χ1) is 18.4. The van der Waals surface area contributed by atoms with Gasteiger partial charge in [-0.25, -0.2) is 9.37 Å². The molecule has 4 aromatic rings. The second-order valence-electron chi connectivity index (χ2n) is 11.3. The van der Waals surface area contributed by atoms with Crippen molar-refractivity contribution in [3.8, 4) is 16.8 Å². The van der Waals surface area contributed by atoms with Gasteiger partial charge in [0.1, 0.15) is 11.5 Å². The van der Waals surface area contributed by atoms with E-state index in [4.69, 9.17) is 39.8 Å². The number of rotatable bonds is 4. The number of likely N-dealkylation sites (tertiary alicyclic amines) is 1. The first-order valence-electron chi connectivity index (χ1n) is 12.9. The van der Waals surface area contributed by atoms with Gasteiger partial charge in [0.25, 0.3) is 5.56 Å². The summed E-state index contributed by atoms with van der Waals surface area (Å²) in [5.41, 5.74) is 1.65. The predicted octanol–water partition coefficient (Wildman–Crippen LogP) is 5.86. The zero-order valence-corrected chi connectivity index (χ0v) is 24.3. The van der Waals surface area contributed by atoms with Crippen molar-refractivity contribution in [1.82, 2.24) is 9.55 Å². The molecule has 0 aliphatic carbocycles. The number of para-hydroxylation sites is 1. The average Bonchev–Trinajstić information content (AvgIpc) is 2.88. The van der Waals surface area contributed by atoms with Crippen LogP contribution in [0.15, 0.2) is 59.4 Å². The van der Waals surface area contributed by atoms with E-state index in [0.717, 1.165) is 13.1 Å². The third-order valence-electron chi connectivity index (χ3n) is 7.96. The molecule has 3 heterocycles. The van der Waals surface area contributed by atoms with Gasteiger partial charge >= 0.3 is 0 Å². The van der Waals surface area contributed by atoms with Crippen LogP contribution < -0.4 is 10.5 Å². The minimum Gasteiger partial charge on any atom is -0.395 e. The topological polar surface area (TPSA) is 59.6 Å². The van der Waals surface area contributed by atoms with Gasteiger partial charge < -0.3 is 10.0 Å². The summed E-state index contributed by atoms with van der Waals surface area (Å²) < 4.78 is 15.4. The summed E-state index contributed by atoms with van der Waals surface area (Å²) in [6.07, 6.45) is 1.41. The molecule has 2 N–H and O–H groups in total. The first-order valence-corrected chi connectivity index (χ1v) is 14.0. The van der Waals surface area contributed by atoms with Gasteiger partial charge in [-0.05, 0) is 68.8 Å². The number of hydrogen-bond acceptors (Lipinski definition) is 3. The molecule has 0 atom stereocenters. The third-order valence-corrected chi connectivity index (χ3v) is 8.89. The van der Waals surface area contributed by atoms with Gasteiger partial charge in [-0.3, -0.25) is 9.36 Å². The standard InChI is InChI=1S/C30H29Cl3FN3O2/c1-29(2,3)36-13-11-30(17-38,12-14-36)25-16-21(19-8-7-18(34)15-24(19)33)20-9-10-26(39)37(28(20)35-25)27-22(31)5-4-6-23(27)32/h4-10,15-16,38H,11-14,17H2,1-3H3/p+1. The Hall–Kier alpha value is -2.48. The number of benzene rings is 2. The van der Waals surface area contributed by atoms with Crippen molar-refractivity contribution in [1.29, 1.82) is 0 Å². The van der Waals surface area contributed by atoms with Gasteiger partial charge in [-0.2, -0.15) is 0 Å². The van der Waals surface area contributed by atoms with Crippen LogP contribution >= 0.6 is 34.8 Å². The van der Waals surface area contributed by atoms with Crippen molar-refractivity contribution < 1.29 is 14.4 Å². The Labute approximate surface area is 241 Å². The van der Waals surface area contributed by atoms with Gasteiger partial charge in [0, 0.05) is 35.3 Å². The van der Waals surface area contributed by atoms with E-state index in [-0.39, 0.29) is 22.7 Å². The van der Waals surface area contributed by atoms with E-state index in [9.17, 15) is 14.3 Å². The molecule has 1 aliphatic rings. The van der Waals surface area contributed by atoms with E-state index in [2.05, 4.69) is 20.8 Å². The molecule has 0 amide bonds. The summed E-state index contributed by atoms with van der Waals surface area (Å²) in [7, 11) is 0. The van der Waals surface area contributed by atoms with E-state index < -0.39 is 11.2 Å². The van der Waals surface area contributed by atoms with Crippen LogP contribution in [0.3, 0.4) is 0 Å². The van der Waals surface area contributed by atoms with Gasteiger partial charge in [-0.1, -0.05) is 40.9 Å². The van der Waals surface area contributed by atoms with Crippen molar-refractivity contribution in [2.24, 2.45) is 0 Å². The number of nitrogens with one attached hydrogen (secondary N) is 1. The van der Waals surface area contributed by atoms with E-state index >= 15 is 0 Å². The fraction of sp³-hybridized carbons (Fsp3) is 0.333. The molecule has 2 aromatic heterocycles. The molecule has 1 saturated heterocycles. The highest BCUT2D eigenvalue weighted by Gasteiger charge is 2.42. The molecular weight excluding hydrogens is 560 g/mol. The zero-order chi connectivity index (χ0) is 28.1. The summed E-state index contributed by atoms with van der Waals surface area (Å²) in [5.74, 6) is -0.452. The van der Waals surface area contributed by atoms with Crippen molar-refractivity contribution in [3.63, 3.8) is 0 Å². The van der Waals surface area contributed by atoms with Crippen molar-refractivity contribution >= 4 is 45.8 Å². The molecule has 0 radical (unpaired) electrons. The lowest BCUT2D eigenvalue weighted by Gasteiger charge is -2.43. The van der Waals surface area contributed by atoms with Crippen LogP contribution in [0.4, 0.5) is 4.39 Å². The molecule has 9 heteroatoms. The van der Waals surface area contributed by atoms with Gasteiger partial charge in [0.05, 0.1) is 51.7 Å². The first kappa shape index (κ1) is 28.1. The molecule has 2 aromatic carbocycles. The fourth-order valence-electron chi connectivity index (χ4n) is 5.61. The fourth-order valence-corrected chi connectivity index (χ4v) is 6.44. The molecular formula is C30H30Cl3FN3O2+. The lowest BCUT2D eigenvalue weighted by molar-refractivity contribution is -0.952. The monoisotopic (exact) mass is 588 g/mol.